The Hall–Kier alpha value is -0.120. The third-order valence-corrected chi connectivity index (χ3v) is 5.15. The molecule has 0 amide bonds. The Balaban J connectivity index is 2.58. The van der Waals surface area contributed by atoms with E-state index in [4.69, 9.17) is 0 Å². The minimum atomic E-state index is -0.189. The molecule has 4 atom stereocenters. The highest BCUT2D eigenvalue weighted by atomic mass is 16.3. The second-order valence-corrected chi connectivity index (χ2v) is 8.20. The van der Waals surface area contributed by atoms with E-state index in [1.165, 1.54) is 19.3 Å². The molecule has 3 nitrogen and oxygen atoms in total. The summed E-state index contributed by atoms with van der Waals surface area (Å²) in [4.78, 5) is 2.41. The molecule has 0 heterocycles. The lowest BCUT2D eigenvalue weighted by atomic mass is 9.67. The van der Waals surface area contributed by atoms with E-state index in [0.717, 1.165) is 37.9 Å². The molecule has 4 unspecified atom stereocenters. The van der Waals surface area contributed by atoms with Crippen LogP contribution in [0.25, 0.3) is 0 Å². The molecule has 0 aromatic heterocycles. The first-order valence-electron chi connectivity index (χ1n) is 8.84. The van der Waals surface area contributed by atoms with Crippen LogP contribution >= 0.6 is 0 Å². The van der Waals surface area contributed by atoms with Crippen molar-refractivity contribution in [2.24, 2.45) is 17.3 Å². The molecule has 1 aliphatic carbocycles. The predicted molar refractivity (Wildman–Crippen MR) is 91.5 cm³/mol. The average molecular weight is 299 g/mol. The molecular formula is C18H38N2O. The molecule has 0 aromatic rings. The lowest BCUT2D eigenvalue weighted by molar-refractivity contribution is 0.0888. The van der Waals surface area contributed by atoms with Gasteiger partial charge in [0.25, 0.3) is 0 Å². The van der Waals surface area contributed by atoms with Crippen molar-refractivity contribution in [2.75, 3.05) is 26.7 Å². The summed E-state index contributed by atoms with van der Waals surface area (Å²) in [6, 6.07) is 0.669. The molecule has 0 radical (unpaired) electrons. The zero-order chi connectivity index (χ0) is 16.0. The van der Waals surface area contributed by atoms with Gasteiger partial charge in [0.15, 0.2) is 0 Å². The summed E-state index contributed by atoms with van der Waals surface area (Å²) in [5.74, 6) is 1.57. The summed E-state index contributed by atoms with van der Waals surface area (Å²) in [6.45, 7) is 14.5. The maximum atomic E-state index is 9.45. The third-order valence-electron chi connectivity index (χ3n) is 5.15. The van der Waals surface area contributed by atoms with Gasteiger partial charge in [-0.3, -0.25) is 0 Å². The molecule has 1 saturated carbocycles. The van der Waals surface area contributed by atoms with Crippen LogP contribution in [0.3, 0.4) is 0 Å². The van der Waals surface area contributed by atoms with Crippen molar-refractivity contribution in [3.05, 3.63) is 0 Å². The summed E-state index contributed by atoms with van der Waals surface area (Å²) in [5.41, 5.74) is 0.424. The van der Waals surface area contributed by atoms with E-state index in [9.17, 15) is 5.11 Å². The minimum absolute atomic E-state index is 0.189. The first kappa shape index (κ1) is 18.9. The van der Waals surface area contributed by atoms with Gasteiger partial charge in [0, 0.05) is 19.1 Å². The lowest BCUT2D eigenvalue weighted by Gasteiger charge is -2.43. The molecule has 126 valence electrons. The minimum Gasteiger partial charge on any atom is -0.393 e. The van der Waals surface area contributed by atoms with Crippen LogP contribution in [0.5, 0.6) is 0 Å². The van der Waals surface area contributed by atoms with Crippen LogP contribution in [0.4, 0.5) is 0 Å². The van der Waals surface area contributed by atoms with Crippen molar-refractivity contribution in [3.63, 3.8) is 0 Å². The van der Waals surface area contributed by atoms with E-state index in [2.05, 4.69) is 45.0 Å². The molecule has 0 bridgehead atoms. The van der Waals surface area contributed by atoms with Crippen molar-refractivity contribution in [3.8, 4) is 0 Å². The topological polar surface area (TPSA) is 35.5 Å². The first-order valence-corrected chi connectivity index (χ1v) is 8.84. The van der Waals surface area contributed by atoms with Crippen LogP contribution in [0, 0.1) is 17.3 Å². The molecule has 0 saturated heterocycles. The Kier molecular flexibility index (Phi) is 7.66. The molecule has 1 aliphatic rings. The molecule has 0 aliphatic heterocycles. The summed E-state index contributed by atoms with van der Waals surface area (Å²) >= 11 is 0. The van der Waals surface area contributed by atoms with Crippen LogP contribution in [0.2, 0.25) is 0 Å². The molecule has 1 fully saturated rings. The van der Waals surface area contributed by atoms with Gasteiger partial charge in [-0.05, 0) is 63.5 Å². The van der Waals surface area contributed by atoms with Gasteiger partial charge in [-0.1, -0.05) is 27.7 Å². The van der Waals surface area contributed by atoms with Gasteiger partial charge in [0.1, 0.15) is 0 Å². The van der Waals surface area contributed by atoms with E-state index >= 15 is 0 Å². The highest BCUT2D eigenvalue weighted by Gasteiger charge is 2.35. The normalized spacial score (nSPS) is 28.9. The van der Waals surface area contributed by atoms with E-state index < -0.39 is 0 Å². The van der Waals surface area contributed by atoms with Crippen molar-refractivity contribution in [1.82, 2.24) is 10.2 Å². The molecule has 1 rings (SSSR count). The van der Waals surface area contributed by atoms with Gasteiger partial charge < -0.3 is 15.3 Å². The standard InChI is InChI=1S/C18H38N2O/c1-7-19-17-9-8-16(18(3,4)5)12-15(17)13-20(6)11-10-14(2)21/h14-17,19,21H,7-13H2,1-6H3. The van der Waals surface area contributed by atoms with Gasteiger partial charge in [-0.25, -0.2) is 0 Å². The first-order chi connectivity index (χ1) is 9.74. The van der Waals surface area contributed by atoms with Crippen LogP contribution in [-0.4, -0.2) is 48.8 Å². The number of nitrogens with zero attached hydrogens (tertiary/aromatic N) is 1. The van der Waals surface area contributed by atoms with Crippen LogP contribution in [0.1, 0.15) is 60.3 Å². The van der Waals surface area contributed by atoms with Gasteiger partial charge in [-0.15, -0.1) is 0 Å². The second kappa shape index (κ2) is 8.50. The molecule has 0 aromatic carbocycles. The number of hydrogen-bond acceptors (Lipinski definition) is 3. The fourth-order valence-corrected chi connectivity index (χ4v) is 3.68. The fourth-order valence-electron chi connectivity index (χ4n) is 3.68. The Labute approximate surface area is 132 Å². The highest BCUT2D eigenvalue weighted by molar-refractivity contribution is 4.90. The molecule has 2 N–H and O–H groups in total. The van der Waals surface area contributed by atoms with Crippen molar-refractivity contribution in [2.45, 2.75) is 72.4 Å². The molecule has 0 spiro atoms. The average Bonchev–Trinajstić information content (AvgIpc) is 2.37. The summed E-state index contributed by atoms with van der Waals surface area (Å²) in [7, 11) is 2.20. The van der Waals surface area contributed by atoms with Gasteiger partial charge in [0.2, 0.25) is 0 Å². The fraction of sp³-hybridized carbons (Fsp3) is 1.00. The van der Waals surface area contributed by atoms with Gasteiger partial charge in [0.05, 0.1) is 6.10 Å². The van der Waals surface area contributed by atoms with Gasteiger partial charge >= 0.3 is 0 Å². The lowest BCUT2D eigenvalue weighted by Crippen LogP contribution is -2.47. The molecule has 21 heavy (non-hydrogen) atoms. The smallest absolute Gasteiger partial charge is 0.0524 e. The maximum Gasteiger partial charge on any atom is 0.0524 e. The summed E-state index contributed by atoms with van der Waals surface area (Å²) < 4.78 is 0. The Morgan fingerprint density at radius 2 is 1.95 bits per heavy atom. The third kappa shape index (κ3) is 6.66. The number of rotatable bonds is 7. The quantitative estimate of drug-likeness (QED) is 0.758. The number of aliphatic hydroxyl groups excluding tert-OH is 1. The van der Waals surface area contributed by atoms with Crippen LogP contribution in [-0.2, 0) is 0 Å². The maximum absolute atomic E-state index is 9.45. The summed E-state index contributed by atoms with van der Waals surface area (Å²) in [6.07, 6.45) is 4.68. The number of aliphatic hydroxyl groups is 1. The van der Waals surface area contributed by atoms with E-state index in [1.54, 1.807) is 0 Å². The summed E-state index contributed by atoms with van der Waals surface area (Å²) in [5, 5.41) is 13.2. The zero-order valence-electron chi connectivity index (χ0n) is 15.2. The molecule has 3 heteroatoms. The Bertz CT molecular complexity index is 285. The predicted octanol–water partition coefficient (Wildman–Crippen LogP) is 3.13. The van der Waals surface area contributed by atoms with Gasteiger partial charge in [-0.2, -0.15) is 0 Å². The van der Waals surface area contributed by atoms with Crippen molar-refractivity contribution in [1.29, 1.82) is 0 Å². The monoisotopic (exact) mass is 298 g/mol. The number of hydrogen-bond donors (Lipinski definition) is 2. The van der Waals surface area contributed by atoms with Crippen LogP contribution in [0.15, 0.2) is 0 Å². The molecular weight excluding hydrogens is 260 g/mol. The zero-order valence-corrected chi connectivity index (χ0v) is 15.2. The van der Waals surface area contributed by atoms with E-state index in [1.807, 2.05) is 6.92 Å². The Morgan fingerprint density at radius 3 is 2.48 bits per heavy atom. The number of nitrogens with one attached hydrogen (secondary N) is 1. The van der Waals surface area contributed by atoms with Crippen molar-refractivity contribution < 1.29 is 5.11 Å². The van der Waals surface area contributed by atoms with E-state index in [-0.39, 0.29) is 6.10 Å². The SMILES string of the molecule is CCNC1CCC(C(C)(C)C)CC1CN(C)CCC(C)O. The van der Waals surface area contributed by atoms with E-state index in [0.29, 0.717) is 11.5 Å². The van der Waals surface area contributed by atoms with Crippen LogP contribution < -0.4 is 5.32 Å². The largest absolute Gasteiger partial charge is 0.393 e. The Morgan fingerprint density at radius 1 is 1.29 bits per heavy atom. The second-order valence-electron chi connectivity index (χ2n) is 8.20. The van der Waals surface area contributed by atoms with Crippen molar-refractivity contribution >= 4 is 0 Å². The highest BCUT2D eigenvalue weighted by Crippen LogP contribution is 2.40.